The molecular weight excluding hydrogens is 292 g/mol. The topological polar surface area (TPSA) is 67.8 Å². The summed E-state index contributed by atoms with van der Waals surface area (Å²) in [5, 5.41) is 3.39. The van der Waals surface area contributed by atoms with Crippen LogP contribution in [0.3, 0.4) is 0 Å². The second-order valence-corrected chi connectivity index (χ2v) is 7.90. The molecule has 0 atom stereocenters. The minimum atomic E-state index is -0.0371. The van der Waals surface area contributed by atoms with Crippen molar-refractivity contribution < 1.29 is 4.79 Å². The highest BCUT2D eigenvalue weighted by molar-refractivity contribution is 8.01. The van der Waals surface area contributed by atoms with Crippen LogP contribution in [0.5, 0.6) is 0 Å². The van der Waals surface area contributed by atoms with Crippen LogP contribution in [0.4, 0.5) is 5.13 Å². The summed E-state index contributed by atoms with van der Waals surface area (Å²) in [4.78, 5) is 25.1. The molecule has 5 nitrogen and oxygen atoms in total. The van der Waals surface area contributed by atoms with Gasteiger partial charge in [0, 0.05) is 23.3 Å². The Balaban J connectivity index is 1.95. The molecule has 20 heavy (non-hydrogen) atoms. The van der Waals surface area contributed by atoms with Crippen LogP contribution in [-0.2, 0) is 4.79 Å². The third-order valence-corrected chi connectivity index (χ3v) is 4.41. The van der Waals surface area contributed by atoms with Crippen molar-refractivity contribution in [1.29, 1.82) is 0 Å². The zero-order valence-corrected chi connectivity index (χ0v) is 13.2. The molecule has 2 aromatic heterocycles. The molecule has 2 rings (SSSR count). The number of carbonyl (C=O) groups excluding carboxylic acids is 1. The summed E-state index contributed by atoms with van der Waals surface area (Å²) in [6, 6.07) is 0. The van der Waals surface area contributed by atoms with Gasteiger partial charge in [-0.3, -0.25) is 14.8 Å². The Hall–Kier alpha value is -1.47. The van der Waals surface area contributed by atoms with Crippen LogP contribution in [0.15, 0.2) is 24.8 Å². The third-order valence-electron chi connectivity index (χ3n) is 2.20. The Morgan fingerprint density at radius 3 is 2.75 bits per heavy atom. The minimum Gasteiger partial charge on any atom is -0.301 e. The van der Waals surface area contributed by atoms with Gasteiger partial charge in [-0.1, -0.05) is 32.1 Å². The van der Waals surface area contributed by atoms with Gasteiger partial charge in [-0.15, -0.1) is 11.8 Å². The van der Waals surface area contributed by atoms with E-state index in [0.29, 0.717) is 10.9 Å². The maximum Gasteiger partial charge on any atom is 0.236 e. The summed E-state index contributed by atoms with van der Waals surface area (Å²) < 4.78 is 0.0744. The Bertz CT molecular complexity index is 578. The van der Waals surface area contributed by atoms with Gasteiger partial charge in [0.15, 0.2) is 5.13 Å². The molecule has 0 unspecified atom stereocenters. The van der Waals surface area contributed by atoms with E-state index in [9.17, 15) is 4.79 Å². The molecule has 7 heteroatoms. The number of thioether (sulfide) groups is 1. The molecule has 0 aromatic carbocycles. The van der Waals surface area contributed by atoms with Gasteiger partial charge < -0.3 is 5.32 Å². The Morgan fingerprint density at radius 2 is 2.10 bits per heavy atom. The largest absolute Gasteiger partial charge is 0.301 e. The second-order valence-electron chi connectivity index (χ2n) is 5.07. The predicted octanol–water partition coefficient (Wildman–Crippen LogP) is 3.07. The lowest BCUT2D eigenvalue weighted by Gasteiger charge is -2.16. The first-order valence-corrected chi connectivity index (χ1v) is 7.90. The average molecular weight is 308 g/mol. The van der Waals surface area contributed by atoms with E-state index in [4.69, 9.17) is 0 Å². The highest BCUT2D eigenvalue weighted by Crippen LogP contribution is 2.27. The highest BCUT2D eigenvalue weighted by Gasteiger charge is 2.14. The highest BCUT2D eigenvalue weighted by atomic mass is 32.2. The number of aromatic nitrogens is 3. The second kappa shape index (κ2) is 6.32. The third kappa shape index (κ3) is 4.57. The number of hydrogen-bond donors (Lipinski definition) is 1. The van der Waals surface area contributed by atoms with Gasteiger partial charge in [-0.25, -0.2) is 4.98 Å². The van der Waals surface area contributed by atoms with E-state index in [0.717, 1.165) is 10.6 Å². The van der Waals surface area contributed by atoms with Crippen LogP contribution < -0.4 is 5.32 Å². The standard InChI is InChI=1S/C13H16N4OS2/c1-13(2,3)19-8-11(18)17-12-16-7-10(20-12)9-6-14-4-5-15-9/h4-7H,8H2,1-3H3,(H,16,17,18). The maximum absolute atomic E-state index is 11.8. The fourth-order valence-electron chi connectivity index (χ4n) is 1.31. The van der Waals surface area contributed by atoms with E-state index < -0.39 is 0 Å². The number of anilines is 1. The van der Waals surface area contributed by atoms with E-state index in [2.05, 4.69) is 41.0 Å². The summed E-state index contributed by atoms with van der Waals surface area (Å²) in [6.45, 7) is 6.25. The van der Waals surface area contributed by atoms with E-state index in [1.807, 2.05) is 0 Å². The van der Waals surface area contributed by atoms with Gasteiger partial charge in [0.2, 0.25) is 5.91 Å². The molecule has 0 fully saturated rings. The van der Waals surface area contributed by atoms with Gasteiger partial charge in [-0.2, -0.15) is 0 Å². The fourth-order valence-corrected chi connectivity index (χ4v) is 2.74. The van der Waals surface area contributed by atoms with Crippen LogP contribution >= 0.6 is 23.1 Å². The van der Waals surface area contributed by atoms with Crippen molar-refractivity contribution in [2.75, 3.05) is 11.1 Å². The van der Waals surface area contributed by atoms with Gasteiger partial charge in [0.1, 0.15) is 5.69 Å². The number of carbonyl (C=O) groups is 1. The molecular formula is C13H16N4OS2. The molecule has 0 aliphatic rings. The van der Waals surface area contributed by atoms with E-state index >= 15 is 0 Å². The summed E-state index contributed by atoms with van der Waals surface area (Å²) in [5.41, 5.74) is 0.759. The molecule has 0 aliphatic carbocycles. The monoisotopic (exact) mass is 308 g/mol. The summed E-state index contributed by atoms with van der Waals surface area (Å²) in [5.74, 6) is 0.383. The van der Waals surface area contributed by atoms with Crippen LogP contribution in [0, 0.1) is 0 Å². The first kappa shape index (κ1) is 14.9. The molecule has 0 saturated heterocycles. The quantitative estimate of drug-likeness (QED) is 0.940. The van der Waals surface area contributed by atoms with Crippen molar-refractivity contribution in [3.8, 4) is 10.6 Å². The van der Waals surface area contributed by atoms with Crippen LogP contribution in [0.2, 0.25) is 0 Å². The average Bonchev–Trinajstić information content (AvgIpc) is 2.85. The Labute approximate surface area is 126 Å². The Morgan fingerprint density at radius 1 is 1.30 bits per heavy atom. The first-order chi connectivity index (χ1) is 9.44. The smallest absolute Gasteiger partial charge is 0.236 e. The zero-order valence-electron chi connectivity index (χ0n) is 11.6. The van der Waals surface area contributed by atoms with E-state index in [1.165, 1.54) is 11.3 Å². The van der Waals surface area contributed by atoms with Crippen LogP contribution in [0.1, 0.15) is 20.8 Å². The maximum atomic E-state index is 11.8. The normalized spacial score (nSPS) is 11.3. The molecule has 0 radical (unpaired) electrons. The number of rotatable bonds is 4. The molecule has 0 saturated carbocycles. The van der Waals surface area contributed by atoms with E-state index in [-0.39, 0.29) is 10.7 Å². The molecule has 2 heterocycles. The number of nitrogens with one attached hydrogen (secondary N) is 1. The molecule has 0 bridgehead atoms. The van der Waals surface area contributed by atoms with Crippen molar-refractivity contribution in [3.63, 3.8) is 0 Å². The lowest BCUT2D eigenvalue weighted by Crippen LogP contribution is -2.18. The molecule has 106 valence electrons. The fraction of sp³-hybridized carbons (Fsp3) is 0.385. The van der Waals surface area contributed by atoms with Crippen molar-refractivity contribution in [2.45, 2.75) is 25.5 Å². The number of amides is 1. The van der Waals surface area contributed by atoms with Gasteiger partial charge in [0.25, 0.3) is 0 Å². The van der Waals surface area contributed by atoms with Gasteiger partial charge in [0.05, 0.1) is 16.8 Å². The lowest BCUT2D eigenvalue weighted by atomic mass is 10.3. The lowest BCUT2D eigenvalue weighted by molar-refractivity contribution is -0.113. The molecule has 2 aromatic rings. The van der Waals surface area contributed by atoms with Crippen molar-refractivity contribution in [2.24, 2.45) is 0 Å². The molecule has 0 aliphatic heterocycles. The van der Waals surface area contributed by atoms with Gasteiger partial charge >= 0.3 is 0 Å². The summed E-state index contributed by atoms with van der Waals surface area (Å²) in [7, 11) is 0. The minimum absolute atomic E-state index is 0.0371. The number of thiazole rings is 1. The SMILES string of the molecule is CC(C)(C)SCC(=O)Nc1ncc(-c2cnccn2)s1. The van der Waals surface area contributed by atoms with Crippen LogP contribution in [0.25, 0.3) is 10.6 Å². The number of hydrogen-bond acceptors (Lipinski definition) is 6. The van der Waals surface area contributed by atoms with Crippen molar-refractivity contribution >= 4 is 34.1 Å². The van der Waals surface area contributed by atoms with Crippen molar-refractivity contribution in [3.05, 3.63) is 24.8 Å². The summed E-state index contributed by atoms with van der Waals surface area (Å²) >= 11 is 3.00. The zero-order chi connectivity index (χ0) is 14.6. The van der Waals surface area contributed by atoms with E-state index in [1.54, 1.807) is 36.5 Å². The molecule has 0 spiro atoms. The van der Waals surface area contributed by atoms with Crippen LogP contribution in [-0.4, -0.2) is 31.4 Å². The number of nitrogens with zero attached hydrogens (tertiary/aromatic N) is 3. The predicted molar refractivity (Wildman–Crippen MR) is 84.0 cm³/mol. The van der Waals surface area contributed by atoms with Gasteiger partial charge in [-0.05, 0) is 0 Å². The molecule has 1 N–H and O–H groups in total. The van der Waals surface area contributed by atoms with Crippen molar-refractivity contribution in [1.82, 2.24) is 15.0 Å². The summed E-state index contributed by atoms with van der Waals surface area (Å²) in [6.07, 6.45) is 6.62. The first-order valence-electron chi connectivity index (χ1n) is 6.10. The Kier molecular flexibility index (Phi) is 4.72. The molecule has 1 amide bonds.